The molecule has 7 nitrogen and oxygen atoms in total. The van der Waals surface area contributed by atoms with Crippen molar-refractivity contribution in [3.63, 3.8) is 0 Å². The van der Waals surface area contributed by atoms with Crippen molar-refractivity contribution in [2.24, 2.45) is 10.9 Å². The Balaban J connectivity index is 2.89. The van der Waals surface area contributed by atoms with Crippen LogP contribution in [-0.2, 0) is 0 Å². The molecule has 0 bridgehead atoms. The van der Waals surface area contributed by atoms with Crippen molar-refractivity contribution in [3.8, 4) is 0 Å². The molecule has 0 fully saturated rings. The highest BCUT2D eigenvalue weighted by molar-refractivity contribution is 6.03. The second-order valence-electron chi connectivity index (χ2n) is 4.06. The van der Waals surface area contributed by atoms with E-state index in [0.717, 1.165) is 0 Å². The predicted molar refractivity (Wildman–Crippen MR) is 68.3 cm³/mol. The number of rotatable bonds is 6. The lowest BCUT2D eigenvalue weighted by molar-refractivity contribution is -0.101. The quantitative estimate of drug-likeness (QED) is 0.197. The maximum absolute atomic E-state index is 9.93. The van der Waals surface area contributed by atoms with Gasteiger partial charge in [-0.3, -0.25) is 0 Å². The Kier molecular flexibility index (Phi) is 5.87. The van der Waals surface area contributed by atoms with Gasteiger partial charge in [-0.05, 0) is 0 Å². The molecular formula is C12H18N2O5. The Morgan fingerprint density at radius 1 is 1.05 bits per heavy atom. The van der Waals surface area contributed by atoms with E-state index < -0.39 is 31.0 Å². The van der Waals surface area contributed by atoms with Crippen LogP contribution in [0.4, 0.5) is 0 Å². The van der Waals surface area contributed by atoms with E-state index in [1.807, 2.05) is 0 Å². The van der Waals surface area contributed by atoms with Crippen LogP contribution in [0, 0.1) is 0 Å². The number of aliphatic hydroxyl groups excluding tert-OH is 5. The molecule has 7 N–H and O–H groups in total. The number of hydrazone groups is 1. The van der Waals surface area contributed by atoms with Gasteiger partial charge < -0.3 is 31.4 Å². The van der Waals surface area contributed by atoms with Crippen molar-refractivity contribution in [2.75, 3.05) is 6.61 Å². The van der Waals surface area contributed by atoms with Crippen molar-refractivity contribution in [1.29, 1.82) is 0 Å². The molecule has 0 radical (unpaired) electrons. The Morgan fingerprint density at radius 2 is 1.63 bits per heavy atom. The summed E-state index contributed by atoms with van der Waals surface area (Å²) in [7, 11) is 0. The molecule has 106 valence electrons. The molecule has 0 saturated heterocycles. The summed E-state index contributed by atoms with van der Waals surface area (Å²) >= 11 is 0. The molecule has 0 aromatic heterocycles. The molecule has 0 aliphatic rings. The van der Waals surface area contributed by atoms with Crippen molar-refractivity contribution in [1.82, 2.24) is 0 Å². The minimum atomic E-state index is -1.73. The molecule has 1 aromatic rings. The van der Waals surface area contributed by atoms with Crippen LogP contribution in [0.1, 0.15) is 5.56 Å². The first-order valence-corrected chi connectivity index (χ1v) is 5.69. The number of aliphatic hydroxyl groups is 5. The second kappa shape index (κ2) is 7.17. The van der Waals surface area contributed by atoms with E-state index in [-0.39, 0.29) is 5.71 Å². The molecule has 0 heterocycles. The number of hydrogen-bond acceptors (Lipinski definition) is 7. The number of hydrogen-bond donors (Lipinski definition) is 6. The SMILES string of the molecule is NN=C(c1ccccc1)[C@H](O)[C@@H](O)[C@H](O)[C@H](O)CO. The average molecular weight is 270 g/mol. The van der Waals surface area contributed by atoms with Gasteiger partial charge in [0.2, 0.25) is 0 Å². The zero-order valence-corrected chi connectivity index (χ0v) is 10.2. The van der Waals surface area contributed by atoms with Crippen LogP contribution in [0.15, 0.2) is 35.4 Å². The fraction of sp³-hybridized carbons (Fsp3) is 0.417. The summed E-state index contributed by atoms with van der Waals surface area (Å²) in [6, 6.07) is 8.38. The maximum atomic E-state index is 9.93. The summed E-state index contributed by atoms with van der Waals surface area (Å²) in [4.78, 5) is 0. The first-order valence-electron chi connectivity index (χ1n) is 5.69. The Bertz CT molecular complexity index is 412. The molecule has 0 spiro atoms. The lowest BCUT2D eigenvalue weighted by Crippen LogP contribution is -2.49. The van der Waals surface area contributed by atoms with E-state index in [9.17, 15) is 20.4 Å². The minimum Gasteiger partial charge on any atom is -0.394 e. The van der Waals surface area contributed by atoms with E-state index >= 15 is 0 Å². The fourth-order valence-corrected chi connectivity index (χ4v) is 1.61. The van der Waals surface area contributed by atoms with Crippen molar-refractivity contribution in [3.05, 3.63) is 35.9 Å². The first-order chi connectivity index (χ1) is 9.02. The van der Waals surface area contributed by atoms with Crippen molar-refractivity contribution >= 4 is 5.71 Å². The third-order valence-corrected chi connectivity index (χ3v) is 2.74. The second-order valence-corrected chi connectivity index (χ2v) is 4.06. The molecule has 1 rings (SSSR count). The third-order valence-electron chi connectivity index (χ3n) is 2.74. The summed E-state index contributed by atoms with van der Waals surface area (Å²) in [5.74, 6) is 5.18. The van der Waals surface area contributed by atoms with Crippen LogP contribution < -0.4 is 5.84 Å². The molecule has 7 heteroatoms. The summed E-state index contributed by atoms with van der Waals surface area (Å²) in [5.41, 5.74) is 0.444. The van der Waals surface area contributed by atoms with Crippen LogP contribution in [0.25, 0.3) is 0 Å². The zero-order valence-electron chi connectivity index (χ0n) is 10.2. The highest BCUT2D eigenvalue weighted by Gasteiger charge is 2.33. The van der Waals surface area contributed by atoms with Crippen LogP contribution in [0.2, 0.25) is 0 Å². The standard InChI is InChI=1S/C12H18N2O5/c13-14-9(7-4-2-1-3-5-7)11(18)12(19)10(17)8(16)6-15/h1-5,8,10-12,15-19H,6,13H2/t8-,10-,11+,12+/m1/s1. The Morgan fingerprint density at radius 3 is 2.11 bits per heavy atom. The smallest absolute Gasteiger partial charge is 0.127 e. The molecule has 0 saturated carbocycles. The molecule has 0 unspecified atom stereocenters. The summed E-state index contributed by atoms with van der Waals surface area (Å²) in [6.07, 6.45) is -6.62. The van der Waals surface area contributed by atoms with Gasteiger partial charge in [0.25, 0.3) is 0 Å². The number of nitrogens with zero attached hydrogens (tertiary/aromatic N) is 1. The maximum Gasteiger partial charge on any atom is 0.127 e. The molecular weight excluding hydrogens is 252 g/mol. The third kappa shape index (κ3) is 3.72. The van der Waals surface area contributed by atoms with E-state index in [1.54, 1.807) is 30.3 Å². The average Bonchev–Trinajstić information content (AvgIpc) is 2.46. The topological polar surface area (TPSA) is 140 Å². The van der Waals surface area contributed by atoms with Gasteiger partial charge in [-0.25, -0.2) is 0 Å². The molecule has 19 heavy (non-hydrogen) atoms. The Labute approximate surface area is 110 Å². The predicted octanol–water partition coefficient (Wildman–Crippen LogP) is -2.21. The van der Waals surface area contributed by atoms with Crippen LogP contribution in [0.3, 0.4) is 0 Å². The lowest BCUT2D eigenvalue weighted by atomic mass is 9.96. The van der Waals surface area contributed by atoms with Crippen LogP contribution in [-0.4, -0.2) is 62.3 Å². The molecule has 1 aromatic carbocycles. The molecule has 0 aliphatic heterocycles. The van der Waals surface area contributed by atoms with E-state index in [0.29, 0.717) is 5.56 Å². The van der Waals surface area contributed by atoms with Gasteiger partial charge in [0.05, 0.1) is 12.3 Å². The first kappa shape index (κ1) is 15.5. The highest BCUT2D eigenvalue weighted by Crippen LogP contribution is 2.11. The Hall–Kier alpha value is -1.51. The lowest BCUT2D eigenvalue weighted by Gasteiger charge is -2.26. The van der Waals surface area contributed by atoms with Gasteiger partial charge in [-0.1, -0.05) is 30.3 Å². The van der Waals surface area contributed by atoms with Gasteiger partial charge in [-0.15, -0.1) is 0 Å². The summed E-state index contributed by atoms with van der Waals surface area (Å²) in [6.45, 7) is -0.745. The minimum absolute atomic E-state index is 0.0303. The number of benzene rings is 1. The summed E-state index contributed by atoms with van der Waals surface area (Å²) in [5, 5.41) is 50.5. The van der Waals surface area contributed by atoms with E-state index in [4.69, 9.17) is 10.9 Å². The van der Waals surface area contributed by atoms with Gasteiger partial charge >= 0.3 is 0 Å². The van der Waals surface area contributed by atoms with Crippen LogP contribution in [0.5, 0.6) is 0 Å². The largest absolute Gasteiger partial charge is 0.394 e. The molecule has 4 atom stereocenters. The highest BCUT2D eigenvalue weighted by atomic mass is 16.4. The van der Waals surface area contributed by atoms with Gasteiger partial charge in [0, 0.05) is 5.56 Å². The monoisotopic (exact) mass is 270 g/mol. The fourth-order valence-electron chi connectivity index (χ4n) is 1.61. The van der Waals surface area contributed by atoms with E-state index in [2.05, 4.69) is 5.10 Å². The molecule has 0 amide bonds. The normalized spacial score (nSPS) is 18.7. The van der Waals surface area contributed by atoms with Crippen molar-refractivity contribution < 1.29 is 25.5 Å². The van der Waals surface area contributed by atoms with Crippen molar-refractivity contribution in [2.45, 2.75) is 24.4 Å². The van der Waals surface area contributed by atoms with Crippen LogP contribution >= 0.6 is 0 Å². The molecule has 0 aliphatic carbocycles. The zero-order chi connectivity index (χ0) is 14.4. The van der Waals surface area contributed by atoms with Gasteiger partial charge in [0.1, 0.15) is 24.4 Å². The van der Waals surface area contributed by atoms with Gasteiger partial charge in [-0.2, -0.15) is 5.10 Å². The van der Waals surface area contributed by atoms with Gasteiger partial charge in [0.15, 0.2) is 0 Å². The number of nitrogens with two attached hydrogens (primary N) is 1. The summed E-state index contributed by atoms with van der Waals surface area (Å²) < 4.78 is 0. The van der Waals surface area contributed by atoms with E-state index in [1.165, 1.54) is 0 Å².